The highest BCUT2D eigenvalue weighted by atomic mass is 35.5. The second-order valence-corrected chi connectivity index (χ2v) is 5.79. The molecule has 0 saturated heterocycles. The number of hydrogen-bond acceptors (Lipinski definition) is 4. The van der Waals surface area contributed by atoms with Gasteiger partial charge in [0, 0.05) is 10.4 Å². The second-order valence-electron chi connectivity index (χ2n) is 5.35. The topological polar surface area (TPSA) is 73.2 Å². The average Bonchev–Trinajstić information content (AvgIpc) is 2.61. The average molecular weight is 358 g/mol. The van der Waals surface area contributed by atoms with E-state index in [4.69, 9.17) is 16.3 Å². The van der Waals surface area contributed by atoms with E-state index in [0.29, 0.717) is 29.3 Å². The van der Waals surface area contributed by atoms with Gasteiger partial charge in [-0.15, -0.1) is 0 Å². The Kier molecular flexibility index (Phi) is 5.30. The van der Waals surface area contributed by atoms with E-state index < -0.39 is 0 Å². The summed E-state index contributed by atoms with van der Waals surface area (Å²) in [5.41, 5.74) is -0.288. The van der Waals surface area contributed by atoms with Crippen LogP contribution in [0.25, 0.3) is 10.8 Å². The molecule has 0 unspecified atom stereocenters. The highest BCUT2D eigenvalue weighted by Crippen LogP contribution is 2.16. The summed E-state index contributed by atoms with van der Waals surface area (Å²) in [6.07, 6.45) is 1.58. The lowest BCUT2D eigenvalue weighted by atomic mass is 10.2. The number of ether oxygens (including phenoxy) is 1. The van der Waals surface area contributed by atoms with Crippen molar-refractivity contribution in [2.75, 3.05) is 13.2 Å². The summed E-state index contributed by atoms with van der Waals surface area (Å²) >= 11 is 5.87. The summed E-state index contributed by atoms with van der Waals surface area (Å²) in [5.74, 6) is 0.328. The van der Waals surface area contributed by atoms with Crippen LogP contribution in [0.5, 0.6) is 5.75 Å². The Hall–Kier alpha value is -2.86. The van der Waals surface area contributed by atoms with Gasteiger partial charge in [-0.25, -0.2) is 4.68 Å². The van der Waals surface area contributed by atoms with Crippen molar-refractivity contribution < 1.29 is 9.53 Å². The third-order valence-corrected chi connectivity index (χ3v) is 3.78. The Balaban J connectivity index is 1.53. The molecule has 0 aliphatic carbocycles. The number of carbonyl (C=O) groups is 1. The molecular weight excluding hydrogens is 342 g/mol. The van der Waals surface area contributed by atoms with Gasteiger partial charge in [0.1, 0.15) is 18.9 Å². The zero-order valence-electron chi connectivity index (χ0n) is 13.3. The van der Waals surface area contributed by atoms with Gasteiger partial charge in [0.15, 0.2) is 0 Å². The van der Waals surface area contributed by atoms with Gasteiger partial charge in [0.25, 0.3) is 5.56 Å². The number of benzene rings is 2. The molecule has 25 heavy (non-hydrogen) atoms. The van der Waals surface area contributed by atoms with Gasteiger partial charge in [-0.3, -0.25) is 9.59 Å². The van der Waals surface area contributed by atoms with Crippen molar-refractivity contribution in [2.24, 2.45) is 0 Å². The number of hydrogen-bond donors (Lipinski definition) is 1. The third kappa shape index (κ3) is 4.36. The van der Waals surface area contributed by atoms with Crippen LogP contribution < -0.4 is 15.6 Å². The fourth-order valence-corrected chi connectivity index (χ4v) is 2.53. The first-order valence-electron chi connectivity index (χ1n) is 7.73. The molecule has 0 bridgehead atoms. The Morgan fingerprint density at radius 1 is 1.20 bits per heavy atom. The molecule has 1 amide bonds. The maximum atomic E-state index is 12.3. The summed E-state index contributed by atoms with van der Waals surface area (Å²) in [7, 11) is 0. The number of halogens is 1. The number of amides is 1. The molecule has 6 nitrogen and oxygen atoms in total. The molecule has 0 saturated carbocycles. The maximum absolute atomic E-state index is 12.3. The molecule has 0 aliphatic rings. The lowest BCUT2D eigenvalue weighted by Crippen LogP contribution is -2.35. The summed E-state index contributed by atoms with van der Waals surface area (Å²) in [6.45, 7) is 0.473. The van der Waals surface area contributed by atoms with Crippen LogP contribution in [0.4, 0.5) is 0 Å². The predicted molar refractivity (Wildman–Crippen MR) is 96.0 cm³/mol. The number of rotatable bonds is 6. The highest BCUT2D eigenvalue weighted by Gasteiger charge is 2.08. The van der Waals surface area contributed by atoms with Crippen molar-refractivity contribution in [1.29, 1.82) is 0 Å². The van der Waals surface area contributed by atoms with Crippen molar-refractivity contribution in [3.63, 3.8) is 0 Å². The van der Waals surface area contributed by atoms with Crippen LogP contribution in [-0.4, -0.2) is 28.8 Å². The first-order chi connectivity index (χ1) is 12.1. The van der Waals surface area contributed by atoms with Crippen molar-refractivity contribution in [3.05, 3.63) is 70.1 Å². The molecule has 0 fully saturated rings. The minimum atomic E-state index is -0.306. The van der Waals surface area contributed by atoms with Crippen LogP contribution in [0, 0.1) is 0 Å². The molecule has 0 radical (unpaired) electrons. The van der Waals surface area contributed by atoms with Gasteiger partial charge in [-0.05, 0) is 24.3 Å². The van der Waals surface area contributed by atoms with Gasteiger partial charge in [0.05, 0.1) is 18.1 Å². The van der Waals surface area contributed by atoms with Crippen molar-refractivity contribution in [2.45, 2.75) is 6.54 Å². The van der Waals surface area contributed by atoms with Crippen LogP contribution in [0.3, 0.4) is 0 Å². The molecule has 3 aromatic rings. The van der Waals surface area contributed by atoms with E-state index >= 15 is 0 Å². The largest absolute Gasteiger partial charge is 0.492 e. The summed E-state index contributed by atoms with van der Waals surface area (Å²) in [6, 6.07) is 14.2. The van der Waals surface area contributed by atoms with E-state index in [2.05, 4.69) is 10.4 Å². The van der Waals surface area contributed by atoms with Gasteiger partial charge in [-0.1, -0.05) is 35.9 Å². The van der Waals surface area contributed by atoms with E-state index in [1.54, 1.807) is 48.7 Å². The summed E-state index contributed by atoms with van der Waals surface area (Å²) in [5, 5.41) is 8.60. The van der Waals surface area contributed by atoms with Gasteiger partial charge in [-0.2, -0.15) is 5.10 Å². The van der Waals surface area contributed by atoms with Crippen molar-refractivity contribution in [3.8, 4) is 5.75 Å². The highest BCUT2D eigenvalue weighted by molar-refractivity contribution is 6.30. The minimum Gasteiger partial charge on any atom is -0.492 e. The van der Waals surface area contributed by atoms with Gasteiger partial charge in [0.2, 0.25) is 5.91 Å². The molecule has 0 atom stereocenters. The molecular formula is C18H16ClN3O3. The fraction of sp³-hybridized carbons (Fsp3) is 0.167. The molecule has 7 heteroatoms. The van der Waals surface area contributed by atoms with E-state index in [1.807, 2.05) is 6.07 Å². The standard InChI is InChI=1S/C18H16ClN3O3/c19-14-5-3-6-15(10-14)25-9-8-20-17(23)12-22-18(24)16-7-2-1-4-13(16)11-21-22/h1-7,10-11H,8-9,12H2,(H,20,23). The first-order valence-corrected chi connectivity index (χ1v) is 8.11. The molecule has 3 rings (SSSR count). The Morgan fingerprint density at radius 2 is 2.04 bits per heavy atom. The van der Waals surface area contributed by atoms with Crippen LogP contribution in [0.1, 0.15) is 0 Å². The zero-order chi connectivity index (χ0) is 17.6. The van der Waals surface area contributed by atoms with Gasteiger partial charge >= 0.3 is 0 Å². The van der Waals surface area contributed by atoms with Gasteiger partial charge < -0.3 is 10.1 Å². The lowest BCUT2D eigenvalue weighted by molar-refractivity contribution is -0.122. The maximum Gasteiger partial charge on any atom is 0.275 e. The van der Waals surface area contributed by atoms with E-state index in [-0.39, 0.29) is 18.0 Å². The summed E-state index contributed by atoms with van der Waals surface area (Å²) < 4.78 is 6.63. The summed E-state index contributed by atoms with van der Waals surface area (Å²) in [4.78, 5) is 24.3. The molecule has 1 heterocycles. The molecule has 1 N–H and O–H groups in total. The first kappa shape index (κ1) is 17.0. The number of carbonyl (C=O) groups excluding carboxylic acids is 1. The predicted octanol–water partition coefficient (Wildman–Crippen LogP) is 2.25. The number of nitrogens with zero attached hydrogens (tertiary/aromatic N) is 2. The van der Waals surface area contributed by atoms with Crippen LogP contribution >= 0.6 is 11.6 Å². The number of fused-ring (bicyclic) bond motifs is 1. The zero-order valence-corrected chi connectivity index (χ0v) is 14.1. The monoisotopic (exact) mass is 357 g/mol. The lowest BCUT2D eigenvalue weighted by Gasteiger charge is -2.09. The normalized spacial score (nSPS) is 10.6. The van der Waals surface area contributed by atoms with Crippen molar-refractivity contribution >= 4 is 28.3 Å². The fourth-order valence-electron chi connectivity index (χ4n) is 2.35. The quantitative estimate of drug-likeness (QED) is 0.687. The van der Waals surface area contributed by atoms with Crippen LogP contribution in [-0.2, 0) is 11.3 Å². The molecule has 128 valence electrons. The minimum absolute atomic E-state index is 0.138. The number of nitrogens with one attached hydrogen (secondary N) is 1. The van der Waals surface area contributed by atoms with E-state index in [1.165, 1.54) is 0 Å². The van der Waals surface area contributed by atoms with Crippen LogP contribution in [0.15, 0.2) is 59.5 Å². The van der Waals surface area contributed by atoms with Crippen LogP contribution in [0.2, 0.25) is 5.02 Å². The second kappa shape index (κ2) is 7.81. The van der Waals surface area contributed by atoms with E-state index in [9.17, 15) is 9.59 Å². The Bertz CT molecular complexity index is 955. The Labute approximate surface area is 149 Å². The molecule has 0 aliphatic heterocycles. The SMILES string of the molecule is O=C(Cn1ncc2ccccc2c1=O)NCCOc1cccc(Cl)c1. The van der Waals surface area contributed by atoms with E-state index in [0.717, 1.165) is 10.1 Å². The molecule has 2 aromatic carbocycles. The third-order valence-electron chi connectivity index (χ3n) is 3.54. The number of aromatic nitrogens is 2. The smallest absolute Gasteiger partial charge is 0.275 e. The Morgan fingerprint density at radius 3 is 2.88 bits per heavy atom. The van der Waals surface area contributed by atoms with Crippen molar-refractivity contribution in [1.82, 2.24) is 15.1 Å². The molecule has 1 aromatic heterocycles. The molecule has 0 spiro atoms.